The molecule has 16 heavy (non-hydrogen) atoms. The van der Waals surface area contributed by atoms with Gasteiger partial charge in [-0.05, 0) is 30.7 Å². The van der Waals surface area contributed by atoms with Gasteiger partial charge in [0, 0.05) is 17.4 Å². The van der Waals surface area contributed by atoms with Crippen molar-refractivity contribution in [1.29, 1.82) is 0 Å². The molecule has 0 radical (unpaired) electrons. The monoisotopic (exact) mass is 219 g/mol. The molecular weight excluding hydrogens is 198 g/mol. The Morgan fingerprint density at radius 3 is 1.94 bits per heavy atom. The average molecular weight is 219 g/mol. The molecule has 1 aliphatic rings. The van der Waals surface area contributed by atoms with Crippen LogP contribution in [0.5, 0.6) is 0 Å². The fourth-order valence-electron chi connectivity index (χ4n) is 1.55. The molecule has 0 saturated heterocycles. The second-order valence-electron chi connectivity index (χ2n) is 5.27. The predicted molar refractivity (Wildman–Crippen MR) is 66.9 cm³/mol. The van der Waals surface area contributed by atoms with Gasteiger partial charge in [-0.3, -0.25) is 0 Å². The van der Waals surface area contributed by atoms with Crippen LogP contribution < -0.4 is 5.32 Å². The molecule has 1 saturated carbocycles. The minimum atomic E-state index is 0.459. The van der Waals surface area contributed by atoms with Crippen LogP contribution in [0.1, 0.15) is 63.8 Å². The molecule has 1 aliphatic carbocycles. The molecule has 0 unspecified atom stereocenters. The SMILES string of the molecule is CC(C)c1cc(C(C)C)nc(NC2CC2)n1. The Morgan fingerprint density at radius 2 is 1.56 bits per heavy atom. The molecule has 1 fully saturated rings. The summed E-state index contributed by atoms with van der Waals surface area (Å²) in [6.45, 7) is 8.70. The van der Waals surface area contributed by atoms with E-state index in [2.05, 4.69) is 49.0 Å². The van der Waals surface area contributed by atoms with E-state index in [4.69, 9.17) is 0 Å². The number of hydrogen-bond donors (Lipinski definition) is 1. The molecule has 0 aliphatic heterocycles. The van der Waals surface area contributed by atoms with Crippen molar-refractivity contribution in [2.24, 2.45) is 0 Å². The first kappa shape index (κ1) is 11.4. The first-order valence-electron chi connectivity index (χ1n) is 6.21. The summed E-state index contributed by atoms with van der Waals surface area (Å²) in [5.41, 5.74) is 2.28. The van der Waals surface area contributed by atoms with Gasteiger partial charge in [-0.2, -0.15) is 0 Å². The highest BCUT2D eigenvalue weighted by Crippen LogP contribution is 2.25. The molecule has 1 heterocycles. The van der Waals surface area contributed by atoms with E-state index in [-0.39, 0.29) is 0 Å². The largest absolute Gasteiger partial charge is 0.351 e. The lowest BCUT2D eigenvalue weighted by Crippen LogP contribution is -2.10. The normalized spacial score (nSPS) is 15.9. The van der Waals surface area contributed by atoms with E-state index in [0.29, 0.717) is 17.9 Å². The van der Waals surface area contributed by atoms with E-state index in [0.717, 1.165) is 17.3 Å². The third-order valence-electron chi connectivity index (χ3n) is 2.86. The molecule has 0 bridgehead atoms. The molecule has 88 valence electrons. The summed E-state index contributed by atoms with van der Waals surface area (Å²) >= 11 is 0. The third-order valence-corrected chi connectivity index (χ3v) is 2.86. The zero-order valence-corrected chi connectivity index (χ0v) is 10.6. The fraction of sp³-hybridized carbons (Fsp3) is 0.692. The van der Waals surface area contributed by atoms with Crippen LogP contribution in [0.4, 0.5) is 5.95 Å². The van der Waals surface area contributed by atoms with Crippen LogP contribution in [0.25, 0.3) is 0 Å². The summed E-state index contributed by atoms with van der Waals surface area (Å²) in [4.78, 5) is 9.15. The van der Waals surface area contributed by atoms with Gasteiger partial charge in [0.15, 0.2) is 0 Å². The van der Waals surface area contributed by atoms with Gasteiger partial charge >= 0.3 is 0 Å². The molecule has 0 atom stereocenters. The second-order valence-corrected chi connectivity index (χ2v) is 5.27. The first-order valence-corrected chi connectivity index (χ1v) is 6.21. The zero-order chi connectivity index (χ0) is 11.7. The molecule has 3 nitrogen and oxygen atoms in total. The topological polar surface area (TPSA) is 37.8 Å². The Morgan fingerprint density at radius 1 is 1.06 bits per heavy atom. The maximum absolute atomic E-state index is 4.57. The minimum absolute atomic E-state index is 0.459. The predicted octanol–water partition coefficient (Wildman–Crippen LogP) is 3.30. The van der Waals surface area contributed by atoms with Crippen molar-refractivity contribution >= 4 is 5.95 Å². The summed E-state index contributed by atoms with van der Waals surface area (Å²) in [5.74, 6) is 1.73. The number of hydrogen-bond acceptors (Lipinski definition) is 3. The maximum atomic E-state index is 4.57. The number of nitrogens with zero attached hydrogens (tertiary/aromatic N) is 2. The quantitative estimate of drug-likeness (QED) is 0.844. The van der Waals surface area contributed by atoms with Gasteiger partial charge in [-0.15, -0.1) is 0 Å². The highest BCUT2D eigenvalue weighted by molar-refractivity contribution is 5.33. The lowest BCUT2D eigenvalue weighted by molar-refractivity contribution is 0.767. The molecule has 1 aromatic rings. The van der Waals surface area contributed by atoms with Crippen LogP contribution in [-0.2, 0) is 0 Å². The molecule has 1 aromatic heterocycles. The van der Waals surface area contributed by atoms with Crippen molar-refractivity contribution in [1.82, 2.24) is 9.97 Å². The molecule has 0 amide bonds. The standard InChI is InChI=1S/C13H21N3/c1-8(2)11-7-12(9(3)4)16-13(15-11)14-10-5-6-10/h7-10H,5-6H2,1-4H3,(H,14,15,16). The van der Waals surface area contributed by atoms with Crippen LogP contribution in [-0.4, -0.2) is 16.0 Å². The number of nitrogens with one attached hydrogen (secondary N) is 1. The summed E-state index contributed by atoms with van der Waals surface area (Å²) in [5, 5.41) is 3.38. The fourth-order valence-corrected chi connectivity index (χ4v) is 1.55. The van der Waals surface area contributed by atoms with Crippen molar-refractivity contribution in [2.45, 2.75) is 58.4 Å². The van der Waals surface area contributed by atoms with Crippen LogP contribution in [0.3, 0.4) is 0 Å². The molecule has 3 heteroatoms. The minimum Gasteiger partial charge on any atom is -0.351 e. The van der Waals surface area contributed by atoms with Crippen molar-refractivity contribution in [3.63, 3.8) is 0 Å². The molecule has 1 N–H and O–H groups in total. The Kier molecular flexibility index (Phi) is 3.13. The first-order chi connectivity index (χ1) is 7.56. The number of rotatable bonds is 4. The van der Waals surface area contributed by atoms with E-state index < -0.39 is 0 Å². The van der Waals surface area contributed by atoms with Gasteiger partial charge in [-0.1, -0.05) is 27.7 Å². The van der Waals surface area contributed by atoms with Crippen molar-refractivity contribution in [2.75, 3.05) is 5.32 Å². The van der Waals surface area contributed by atoms with Gasteiger partial charge < -0.3 is 5.32 Å². The van der Waals surface area contributed by atoms with Crippen LogP contribution in [0, 0.1) is 0 Å². The molecule has 2 rings (SSSR count). The van der Waals surface area contributed by atoms with Crippen LogP contribution >= 0.6 is 0 Å². The van der Waals surface area contributed by atoms with Gasteiger partial charge in [0.05, 0.1) is 0 Å². The van der Waals surface area contributed by atoms with Crippen LogP contribution in [0.15, 0.2) is 6.07 Å². The molecular formula is C13H21N3. The van der Waals surface area contributed by atoms with Gasteiger partial charge in [-0.25, -0.2) is 9.97 Å². The zero-order valence-electron chi connectivity index (χ0n) is 10.6. The third kappa shape index (κ3) is 2.71. The lowest BCUT2D eigenvalue weighted by atomic mass is 10.1. The van der Waals surface area contributed by atoms with Gasteiger partial charge in [0.2, 0.25) is 5.95 Å². The molecule has 0 aromatic carbocycles. The lowest BCUT2D eigenvalue weighted by Gasteiger charge is -2.12. The maximum Gasteiger partial charge on any atom is 0.223 e. The highest BCUT2D eigenvalue weighted by atomic mass is 15.1. The summed E-state index contributed by atoms with van der Waals surface area (Å²) < 4.78 is 0. The number of anilines is 1. The van der Waals surface area contributed by atoms with Crippen molar-refractivity contribution < 1.29 is 0 Å². The van der Waals surface area contributed by atoms with Crippen LogP contribution in [0.2, 0.25) is 0 Å². The summed E-state index contributed by atoms with van der Waals surface area (Å²) in [6.07, 6.45) is 2.51. The Labute approximate surface area is 97.7 Å². The van der Waals surface area contributed by atoms with Gasteiger partial charge in [0.25, 0.3) is 0 Å². The second kappa shape index (κ2) is 4.40. The smallest absolute Gasteiger partial charge is 0.223 e. The number of aromatic nitrogens is 2. The van der Waals surface area contributed by atoms with Gasteiger partial charge in [0.1, 0.15) is 0 Å². The van der Waals surface area contributed by atoms with E-state index in [1.807, 2.05) is 0 Å². The summed E-state index contributed by atoms with van der Waals surface area (Å²) in [7, 11) is 0. The Hall–Kier alpha value is -1.12. The van der Waals surface area contributed by atoms with Crippen molar-refractivity contribution in [3.05, 3.63) is 17.5 Å². The Balaban J connectivity index is 2.27. The van der Waals surface area contributed by atoms with E-state index in [9.17, 15) is 0 Å². The van der Waals surface area contributed by atoms with E-state index in [1.54, 1.807) is 0 Å². The summed E-state index contributed by atoms with van der Waals surface area (Å²) in [6, 6.07) is 2.75. The Bertz CT molecular complexity index is 341. The van der Waals surface area contributed by atoms with E-state index in [1.165, 1.54) is 12.8 Å². The highest BCUT2D eigenvalue weighted by Gasteiger charge is 2.22. The van der Waals surface area contributed by atoms with Crippen molar-refractivity contribution in [3.8, 4) is 0 Å². The molecule has 0 spiro atoms. The average Bonchev–Trinajstić information content (AvgIpc) is 3.01. The van der Waals surface area contributed by atoms with E-state index >= 15 is 0 Å².